The summed E-state index contributed by atoms with van der Waals surface area (Å²) in [4.78, 5) is 12.9. The number of rotatable bonds is 6. The minimum absolute atomic E-state index is 0.0935. The number of ether oxygens (including phenoxy) is 4. The van der Waals surface area contributed by atoms with Crippen LogP contribution in [-0.4, -0.2) is 124 Å². The number of hydrogen-bond acceptors (Lipinski definition) is 17. The van der Waals surface area contributed by atoms with Crippen LogP contribution in [0.3, 0.4) is 0 Å². The second-order valence-corrected chi connectivity index (χ2v) is 10.4. The molecular weight excluding hydrogens is 596 g/mol. The van der Waals surface area contributed by atoms with E-state index in [1.165, 1.54) is 13.0 Å². The third-order valence-electron chi connectivity index (χ3n) is 7.46. The normalized spacial score (nSPS) is 32.5. The zero-order valence-corrected chi connectivity index (χ0v) is 22.7. The van der Waals surface area contributed by atoms with Crippen molar-refractivity contribution < 1.29 is 79.5 Å². The number of aliphatic hydroxyl groups excluding tert-OH is 6. The molecule has 17 heteroatoms. The van der Waals surface area contributed by atoms with Crippen LogP contribution in [0.4, 0.5) is 0 Å². The van der Waals surface area contributed by atoms with Crippen molar-refractivity contribution in [2.45, 2.75) is 68.3 Å². The molecule has 0 aliphatic carbocycles. The summed E-state index contributed by atoms with van der Waals surface area (Å²) in [7, 11) is 0. The summed E-state index contributed by atoms with van der Waals surface area (Å²) in [6, 6.07) is 3.96. The van der Waals surface area contributed by atoms with Gasteiger partial charge in [0.15, 0.2) is 34.9 Å². The fourth-order valence-electron chi connectivity index (χ4n) is 4.97. The van der Waals surface area contributed by atoms with Crippen LogP contribution in [0.5, 0.6) is 34.5 Å². The minimum Gasteiger partial charge on any atom is -0.507 e. The molecule has 2 aliphatic rings. The lowest BCUT2D eigenvalue weighted by Gasteiger charge is -2.45. The highest BCUT2D eigenvalue weighted by molar-refractivity contribution is 5.93. The van der Waals surface area contributed by atoms with Gasteiger partial charge in [-0.05, 0) is 25.1 Å². The largest absolute Gasteiger partial charge is 0.507 e. The average Bonchev–Trinajstić information content (AvgIpc) is 2.99. The molecular formula is C27H30O17. The van der Waals surface area contributed by atoms with Crippen molar-refractivity contribution in [3.8, 4) is 45.8 Å². The molecule has 0 amide bonds. The predicted molar refractivity (Wildman–Crippen MR) is 142 cm³/mol. The van der Waals surface area contributed by atoms with Crippen LogP contribution in [0.15, 0.2) is 33.5 Å². The van der Waals surface area contributed by atoms with Gasteiger partial charge in [0.2, 0.25) is 23.2 Å². The molecule has 1 aromatic heterocycles. The van der Waals surface area contributed by atoms with Gasteiger partial charge in [0.05, 0.1) is 12.7 Å². The Kier molecular flexibility index (Phi) is 8.51. The number of phenols is 4. The van der Waals surface area contributed by atoms with Crippen LogP contribution in [-0.2, 0) is 14.2 Å². The molecule has 3 aromatic rings. The molecule has 0 spiro atoms. The Labute approximate surface area is 246 Å². The smallest absolute Gasteiger partial charge is 0.238 e. The highest BCUT2D eigenvalue weighted by atomic mass is 16.7. The zero-order valence-electron chi connectivity index (χ0n) is 22.7. The highest BCUT2D eigenvalue weighted by Crippen LogP contribution is 2.44. The maximum atomic E-state index is 12.9. The van der Waals surface area contributed by atoms with E-state index in [1.807, 2.05) is 0 Å². The lowest BCUT2D eigenvalue weighted by molar-refractivity contribution is -0.350. The van der Waals surface area contributed by atoms with Crippen molar-refractivity contribution in [3.63, 3.8) is 0 Å². The summed E-state index contributed by atoms with van der Waals surface area (Å²) in [6.45, 7) is 0.593. The van der Waals surface area contributed by atoms with Gasteiger partial charge >= 0.3 is 0 Å². The van der Waals surface area contributed by atoms with E-state index in [2.05, 4.69) is 0 Å². The van der Waals surface area contributed by atoms with Gasteiger partial charge in [-0.2, -0.15) is 0 Å². The van der Waals surface area contributed by atoms with E-state index in [-0.39, 0.29) is 5.56 Å². The molecule has 2 aromatic carbocycles. The average molecular weight is 627 g/mol. The van der Waals surface area contributed by atoms with Gasteiger partial charge in [0.25, 0.3) is 0 Å². The maximum absolute atomic E-state index is 12.9. The van der Waals surface area contributed by atoms with Gasteiger partial charge in [0, 0.05) is 11.6 Å². The summed E-state index contributed by atoms with van der Waals surface area (Å²) in [5.41, 5.74) is -1.95. The van der Waals surface area contributed by atoms with Crippen molar-refractivity contribution in [2.75, 3.05) is 6.61 Å². The summed E-state index contributed by atoms with van der Waals surface area (Å²) in [5.74, 6) is -5.01. The molecule has 10 atom stereocenters. The van der Waals surface area contributed by atoms with Gasteiger partial charge in [-0.1, -0.05) is 0 Å². The molecule has 2 saturated heterocycles. The molecule has 2 aliphatic heterocycles. The lowest BCUT2D eigenvalue weighted by Crippen LogP contribution is -2.64. The predicted octanol–water partition coefficient (Wildman–Crippen LogP) is -1.98. The van der Waals surface area contributed by atoms with Gasteiger partial charge in [-0.3, -0.25) is 4.79 Å². The first kappa shape index (κ1) is 31.5. The van der Waals surface area contributed by atoms with E-state index < -0.39 is 125 Å². The van der Waals surface area contributed by atoms with Gasteiger partial charge in [-0.25, -0.2) is 0 Å². The third kappa shape index (κ3) is 5.34. The van der Waals surface area contributed by atoms with Crippen LogP contribution in [0.1, 0.15) is 6.92 Å². The maximum Gasteiger partial charge on any atom is 0.238 e. The topological polar surface area (TPSA) is 290 Å². The standard InChI is InChI=1S/C27H30O17/c1-7-15(32)25(44-26-21(38)19(36)16(33)13(6-28)42-26)22(39)27(40-7)41-12-5-11(31)14-18(35)20(37)23(43-24(14)17(12)34)8-2-3-9(29)10(30)4-8/h2-5,7,13,15-16,19,21-22,25-34,36-39H,6H2,1H3. The second kappa shape index (κ2) is 11.9. The van der Waals surface area contributed by atoms with Crippen molar-refractivity contribution in [1.29, 1.82) is 0 Å². The molecule has 0 bridgehead atoms. The molecule has 240 valence electrons. The van der Waals surface area contributed by atoms with Crippen LogP contribution in [0.2, 0.25) is 0 Å². The summed E-state index contributed by atoms with van der Waals surface area (Å²) < 4.78 is 27.4. The number of phenolic OH excluding ortho intramolecular Hbond substituents is 4. The lowest BCUT2D eigenvalue weighted by atomic mass is 9.97. The molecule has 44 heavy (non-hydrogen) atoms. The number of hydrogen-bond donors (Lipinski definition) is 11. The third-order valence-corrected chi connectivity index (χ3v) is 7.46. The van der Waals surface area contributed by atoms with Crippen LogP contribution < -0.4 is 10.2 Å². The Balaban J connectivity index is 1.47. The first-order valence-corrected chi connectivity index (χ1v) is 13.2. The molecule has 5 rings (SSSR count). The molecule has 11 N–H and O–H groups in total. The molecule has 3 heterocycles. The summed E-state index contributed by atoms with van der Waals surface area (Å²) in [6.07, 6.45) is -16.5. The zero-order chi connectivity index (χ0) is 32.2. The van der Waals surface area contributed by atoms with Crippen LogP contribution in [0.25, 0.3) is 22.3 Å². The number of benzene rings is 2. The van der Waals surface area contributed by atoms with E-state index in [9.17, 15) is 61.0 Å². The van der Waals surface area contributed by atoms with Gasteiger partial charge in [-0.15, -0.1) is 0 Å². The Morgan fingerprint density at radius 1 is 0.773 bits per heavy atom. The fraction of sp³-hybridized carbons (Fsp3) is 0.444. The van der Waals surface area contributed by atoms with E-state index in [1.54, 1.807) is 0 Å². The van der Waals surface area contributed by atoms with E-state index in [0.29, 0.717) is 0 Å². The second-order valence-electron chi connectivity index (χ2n) is 10.4. The molecule has 17 nitrogen and oxygen atoms in total. The van der Waals surface area contributed by atoms with Gasteiger partial charge in [0.1, 0.15) is 53.9 Å². The van der Waals surface area contributed by atoms with Crippen molar-refractivity contribution in [2.24, 2.45) is 0 Å². The van der Waals surface area contributed by atoms with E-state index in [4.69, 9.17) is 23.4 Å². The Morgan fingerprint density at radius 3 is 2.14 bits per heavy atom. The van der Waals surface area contributed by atoms with Crippen molar-refractivity contribution in [1.82, 2.24) is 0 Å². The molecule has 0 radical (unpaired) electrons. The number of aromatic hydroxyl groups is 5. The monoisotopic (exact) mass is 626 g/mol. The summed E-state index contributed by atoms with van der Waals surface area (Å²) in [5, 5.41) is 112. The SMILES string of the molecule is CC1OC(Oc2cc(O)c3c(=O)c(O)c(-c4ccc(O)c(O)c4)oc3c2O)C(O)C(OC2OC(CO)C(O)C(O)C2O)C1O. The first-order valence-electron chi connectivity index (χ1n) is 13.2. The Hall–Kier alpha value is -3.91. The van der Waals surface area contributed by atoms with Crippen molar-refractivity contribution in [3.05, 3.63) is 34.5 Å². The molecule has 0 saturated carbocycles. The van der Waals surface area contributed by atoms with Crippen molar-refractivity contribution >= 4 is 11.0 Å². The molecule has 10 unspecified atom stereocenters. The van der Waals surface area contributed by atoms with E-state index in [0.717, 1.165) is 18.2 Å². The fourth-order valence-corrected chi connectivity index (χ4v) is 4.97. The quantitative estimate of drug-likeness (QED) is 0.104. The first-order chi connectivity index (χ1) is 20.7. The van der Waals surface area contributed by atoms with Crippen LogP contribution in [0, 0.1) is 0 Å². The Bertz CT molecular complexity index is 1590. The number of fused-ring (bicyclic) bond motifs is 1. The Morgan fingerprint density at radius 2 is 1.48 bits per heavy atom. The number of aliphatic hydroxyl groups is 6. The summed E-state index contributed by atoms with van der Waals surface area (Å²) >= 11 is 0. The van der Waals surface area contributed by atoms with E-state index >= 15 is 0 Å². The highest BCUT2D eigenvalue weighted by Gasteiger charge is 2.50. The minimum atomic E-state index is -1.91. The van der Waals surface area contributed by atoms with Crippen LogP contribution >= 0.6 is 0 Å². The molecule has 2 fully saturated rings. The van der Waals surface area contributed by atoms with Gasteiger partial charge < -0.3 is 79.5 Å².